The Hall–Kier alpha value is -2.88. The Kier molecular flexibility index (Phi) is 6.47. The molecule has 10 nitrogen and oxygen atoms in total. The smallest absolute Gasteiger partial charge is 0.410 e. The Labute approximate surface area is 193 Å². The Bertz CT molecular complexity index is 1110. The predicted octanol–water partition coefficient (Wildman–Crippen LogP) is 2.62. The normalized spacial score (nSPS) is 20.0. The maximum absolute atomic E-state index is 13.5. The first-order valence-corrected chi connectivity index (χ1v) is 11.7. The van der Waals surface area contributed by atoms with E-state index < -0.39 is 5.60 Å². The van der Waals surface area contributed by atoms with Crippen LogP contribution in [0.1, 0.15) is 59.0 Å². The van der Waals surface area contributed by atoms with Crippen LogP contribution in [-0.4, -0.2) is 75.1 Å². The monoisotopic (exact) mass is 458 g/mol. The number of nitrogens with one attached hydrogen (secondary N) is 1. The lowest BCUT2D eigenvalue weighted by atomic mass is 10.1. The van der Waals surface area contributed by atoms with Crippen molar-refractivity contribution >= 4 is 23.1 Å². The SMILES string of the molecule is CCc1[nH]c2nc(C3=CCOCC3)nn2c(=O)c1N1CC[C@@H](C)N(C(=O)OC(C)(C)C)CC1. The molecule has 10 heteroatoms. The number of carbonyl (C=O) groups is 1. The molecule has 1 fully saturated rings. The lowest BCUT2D eigenvalue weighted by Crippen LogP contribution is -2.43. The molecule has 180 valence electrons. The number of rotatable bonds is 3. The minimum atomic E-state index is -0.551. The molecule has 0 bridgehead atoms. The summed E-state index contributed by atoms with van der Waals surface area (Å²) in [7, 11) is 0. The maximum atomic E-state index is 13.5. The summed E-state index contributed by atoms with van der Waals surface area (Å²) in [5, 5.41) is 4.52. The van der Waals surface area contributed by atoms with Crippen LogP contribution in [0.4, 0.5) is 10.5 Å². The van der Waals surface area contributed by atoms with Crippen molar-refractivity contribution in [3.05, 3.63) is 27.9 Å². The third kappa shape index (κ3) is 4.90. The Morgan fingerprint density at radius 2 is 2.09 bits per heavy atom. The van der Waals surface area contributed by atoms with Gasteiger partial charge in [0.2, 0.25) is 5.78 Å². The van der Waals surface area contributed by atoms with Gasteiger partial charge in [-0.25, -0.2) is 4.79 Å². The third-order valence-electron chi connectivity index (χ3n) is 6.06. The van der Waals surface area contributed by atoms with Gasteiger partial charge in [0.1, 0.15) is 11.3 Å². The van der Waals surface area contributed by atoms with Crippen molar-refractivity contribution in [1.29, 1.82) is 0 Å². The van der Waals surface area contributed by atoms with Gasteiger partial charge in [0.25, 0.3) is 5.56 Å². The summed E-state index contributed by atoms with van der Waals surface area (Å²) in [5.41, 5.74) is 1.68. The number of hydrogen-bond donors (Lipinski definition) is 1. The van der Waals surface area contributed by atoms with E-state index in [0.717, 1.165) is 24.1 Å². The summed E-state index contributed by atoms with van der Waals surface area (Å²) < 4.78 is 12.3. The number of amides is 1. The quantitative estimate of drug-likeness (QED) is 0.754. The molecule has 2 aliphatic rings. The van der Waals surface area contributed by atoms with Crippen molar-refractivity contribution in [2.24, 2.45) is 0 Å². The molecule has 4 rings (SSSR count). The standard InChI is InChI=1S/C23H34N6O4/c1-6-17-18(27-10-7-15(2)28(12-11-27)22(31)33-23(3,4)5)20(30)29-21(24-17)25-19(26-29)16-8-13-32-14-9-16/h8,15H,6-7,9-14H2,1-5H3,(H,24,25,26)/t15-/m1/s1. The van der Waals surface area contributed by atoms with Gasteiger partial charge in [0, 0.05) is 31.4 Å². The van der Waals surface area contributed by atoms with Gasteiger partial charge in [0.05, 0.1) is 13.2 Å². The van der Waals surface area contributed by atoms with Crippen LogP contribution in [0.15, 0.2) is 10.9 Å². The highest BCUT2D eigenvalue weighted by Gasteiger charge is 2.30. The highest BCUT2D eigenvalue weighted by Crippen LogP contribution is 2.23. The average Bonchev–Trinajstić information content (AvgIpc) is 3.11. The number of hydrogen-bond acceptors (Lipinski definition) is 7. The third-order valence-corrected chi connectivity index (χ3v) is 6.06. The molecule has 0 aromatic carbocycles. The molecule has 2 aromatic rings. The topological polar surface area (TPSA) is 105 Å². The summed E-state index contributed by atoms with van der Waals surface area (Å²) >= 11 is 0. The molecule has 1 atom stereocenters. The fourth-order valence-electron chi connectivity index (χ4n) is 4.28. The molecule has 0 saturated carbocycles. The van der Waals surface area contributed by atoms with Crippen LogP contribution in [0.3, 0.4) is 0 Å². The fourth-order valence-corrected chi connectivity index (χ4v) is 4.28. The highest BCUT2D eigenvalue weighted by atomic mass is 16.6. The van der Waals surface area contributed by atoms with E-state index in [1.807, 2.05) is 40.7 Å². The Balaban J connectivity index is 1.64. The van der Waals surface area contributed by atoms with Crippen LogP contribution in [0, 0.1) is 0 Å². The number of aryl methyl sites for hydroxylation is 1. The van der Waals surface area contributed by atoms with Gasteiger partial charge in [0.15, 0.2) is 5.82 Å². The minimum absolute atomic E-state index is 0.0103. The first-order valence-electron chi connectivity index (χ1n) is 11.7. The molecular formula is C23H34N6O4. The van der Waals surface area contributed by atoms with Crippen LogP contribution in [0.5, 0.6) is 0 Å². The number of aromatic amines is 1. The second-order valence-electron chi connectivity index (χ2n) is 9.63. The molecule has 0 aliphatic carbocycles. The van der Waals surface area contributed by atoms with Crippen LogP contribution in [0.2, 0.25) is 0 Å². The van der Waals surface area contributed by atoms with E-state index in [4.69, 9.17) is 9.47 Å². The number of ether oxygens (including phenoxy) is 2. The molecule has 4 heterocycles. The van der Waals surface area contributed by atoms with E-state index in [9.17, 15) is 9.59 Å². The van der Waals surface area contributed by atoms with Crippen molar-refractivity contribution in [2.75, 3.05) is 37.7 Å². The lowest BCUT2D eigenvalue weighted by molar-refractivity contribution is 0.0191. The number of H-pyrrole nitrogens is 1. The maximum Gasteiger partial charge on any atom is 0.410 e. The van der Waals surface area contributed by atoms with Crippen molar-refractivity contribution < 1.29 is 14.3 Å². The van der Waals surface area contributed by atoms with Gasteiger partial charge in [-0.1, -0.05) is 13.0 Å². The molecular weight excluding hydrogens is 424 g/mol. The second-order valence-corrected chi connectivity index (χ2v) is 9.63. The second kappa shape index (κ2) is 9.17. The van der Waals surface area contributed by atoms with Crippen LogP contribution in [-0.2, 0) is 15.9 Å². The Morgan fingerprint density at radius 3 is 2.76 bits per heavy atom. The van der Waals surface area contributed by atoms with E-state index >= 15 is 0 Å². The van der Waals surface area contributed by atoms with Gasteiger partial charge in [-0.2, -0.15) is 9.50 Å². The average molecular weight is 459 g/mol. The molecule has 1 amide bonds. The zero-order valence-corrected chi connectivity index (χ0v) is 20.2. The van der Waals surface area contributed by atoms with Gasteiger partial charge in [-0.15, -0.1) is 5.10 Å². The molecule has 33 heavy (non-hydrogen) atoms. The fraction of sp³-hybridized carbons (Fsp3) is 0.652. The van der Waals surface area contributed by atoms with Crippen molar-refractivity contribution in [2.45, 2.75) is 65.5 Å². The molecule has 2 aromatic heterocycles. The number of fused-ring (bicyclic) bond motifs is 1. The molecule has 0 spiro atoms. The summed E-state index contributed by atoms with van der Waals surface area (Å²) in [6.45, 7) is 12.5. The van der Waals surface area contributed by atoms with Crippen molar-refractivity contribution in [3.63, 3.8) is 0 Å². The van der Waals surface area contributed by atoms with E-state index in [1.54, 1.807) is 4.90 Å². The minimum Gasteiger partial charge on any atom is -0.444 e. The number of carbonyl (C=O) groups excluding carboxylic acids is 1. The van der Waals surface area contributed by atoms with Gasteiger partial charge in [-0.3, -0.25) is 4.79 Å². The van der Waals surface area contributed by atoms with E-state index in [2.05, 4.69) is 20.0 Å². The van der Waals surface area contributed by atoms with Gasteiger partial charge in [-0.05, 0) is 52.5 Å². The Morgan fingerprint density at radius 1 is 1.30 bits per heavy atom. The summed E-state index contributed by atoms with van der Waals surface area (Å²) in [4.78, 5) is 38.0. The highest BCUT2D eigenvalue weighted by molar-refractivity contribution is 5.69. The molecule has 1 N–H and O–H groups in total. The van der Waals surface area contributed by atoms with Crippen LogP contribution in [0.25, 0.3) is 11.4 Å². The van der Waals surface area contributed by atoms with E-state index in [0.29, 0.717) is 56.6 Å². The zero-order chi connectivity index (χ0) is 23.8. The first kappa shape index (κ1) is 23.3. The zero-order valence-electron chi connectivity index (χ0n) is 20.2. The van der Waals surface area contributed by atoms with Crippen molar-refractivity contribution in [1.82, 2.24) is 24.5 Å². The molecule has 0 radical (unpaired) electrons. The largest absolute Gasteiger partial charge is 0.444 e. The van der Waals surface area contributed by atoms with Crippen LogP contribution >= 0.6 is 0 Å². The van der Waals surface area contributed by atoms with Crippen LogP contribution < -0.4 is 10.5 Å². The van der Waals surface area contributed by atoms with Gasteiger partial charge >= 0.3 is 6.09 Å². The molecule has 2 aliphatic heterocycles. The van der Waals surface area contributed by atoms with Crippen molar-refractivity contribution in [3.8, 4) is 0 Å². The summed E-state index contributed by atoms with van der Waals surface area (Å²) in [6, 6.07) is 0.0103. The molecule has 1 saturated heterocycles. The lowest BCUT2D eigenvalue weighted by Gasteiger charge is -2.30. The number of anilines is 1. The number of aromatic nitrogens is 4. The van der Waals surface area contributed by atoms with Gasteiger partial charge < -0.3 is 24.3 Å². The summed E-state index contributed by atoms with van der Waals surface area (Å²) in [5.74, 6) is 1.01. The first-order chi connectivity index (χ1) is 15.7. The van der Waals surface area contributed by atoms with E-state index in [1.165, 1.54) is 4.52 Å². The summed E-state index contributed by atoms with van der Waals surface area (Å²) in [6.07, 6.45) is 3.76. The molecule has 0 unspecified atom stereocenters. The predicted molar refractivity (Wildman–Crippen MR) is 126 cm³/mol. The van der Waals surface area contributed by atoms with E-state index in [-0.39, 0.29) is 17.7 Å². The number of nitrogens with zero attached hydrogens (tertiary/aromatic N) is 5.